The van der Waals surface area contributed by atoms with Crippen molar-refractivity contribution < 1.29 is 29.3 Å². The van der Waals surface area contributed by atoms with E-state index in [4.69, 9.17) is 9.84 Å². The van der Waals surface area contributed by atoms with Crippen LogP contribution in [-0.2, 0) is 9.47 Å². The second-order valence-electron chi connectivity index (χ2n) is 4.66. The van der Waals surface area contributed by atoms with Gasteiger partial charge < -0.3 is 19.7 Å². The Morgan fingerprint density at radius 2 is 1.27 bits per heavy atom. The fourth-order valence-corrected chi connectivity index (χ4v) is 1.67. The molecular formula is C18H20Na2O6. The number of phenols is 2. The normalized spacial score (nSPS) is 8.69. The molecule has 2 radical (unpaired) electrons. The molecule has 0 saturated heterocycles. The second-order valence-corrected chi connectivity index (χ2v) is 4.66. The SMILES string of the molecule is CCCOC(=O)c1ccccc1O.COC(=O)c1ccccc1O.[Na].[Na]. The van der Waals surface area contributed by atoms with Gasteiger partial charge >= 0.3 is 11.9 Å². The summed E-state index contributed by atoms with van der Waals surface area (Å²) in [5.41, 5.74) is 0.408. The molecular weight excluding hydrogens is 358 g/mol. The number of carbonyl (C=O) groups excluding carboxylic acids is 2. The maximum atomic E-state index is 11.2. The van der Waals surface area contributed by atoms with Gasteiger partial charge in [0.2, 0.25) is 0 Å². The third-order valence-corrected chi connectivity index (χ3v) is 2.87. The van der Waals surface area contributed by atoms with E-state index in [2.05, 4.69) is 4.74 Å². The van der Waals surface area contributed by atoms with Crippen LogP contribution >= 0.6 is 0 Å². The van der Waals surface area contributed by atoms with Crippen molar-refractivity contribution in [2.75, 3.05) is 13.7 Å². The molecule has 0 unspecified atom stereocenters. The standard InChI is InChI=1S/C10H12O3.C8H8O3.2Na/c1-2-7-13-10(12)8-5-3-4-6-9(8)11;1-11-8(10)6-4-2-3-5-7(6)9;;/h3-6,11H,2,7H2,1H3;2-5,9H,1H3;;. The quantitative estimate of drug-likeness (QED) is 0.627. The third kappa shape index (κ3) is 9.07. The molecule has 0 aliphatic carbocycles. The van der Waals surface area contributed by atoms with Crippen molar-refractivity contribution in [2.45, 2.75) is 13.3 Å². The summed E-state index contributed by atoms with van der Waals surface area (Å²) in [6, 6.07) is 12.6. The summed E-state index contributed by atoms with van der Waals surface area (Å²) in [4.78, 5) is 22.1. The van der Waals surface area contributed by atoms with Gasteiger partial charge in [-0.1, -0.05) is 31.2 Å². The third-order valence-electron chi connectivity index (χ3n) is 2.87. The van der Waals surface area contributed by atoms with Gasteiger partial charge in [0.15, 0.2) is 0 Å². The average Bonchev–Trinajstić information content (AvgIpc) is 2.60. The number of ether oxygens (including phenoxy) is 2. The minimum Gasteiger partial charge on any atom is -0.507 e. The van der Waals surface area contributed by atoms with E-state index in [0.29, 0.717) is 6.61 Å². The van der Waals surface area contributed by atoms with E-state index in [-0.39, 0.29) is 81.7 Å². The van der Waals surface area contributed by atoms with E-state index in [9.17, 15) is 14.7 Å². The van der Waals surface area contributed by atoms with Gasteiger partial charge in [-0.25, -0.2) is 9.59 Å². The van der Waals surface area contributed by atoms with Crippen LogP contribution in [0.25, 0.3) is 0 Å². The minimum absolute atomic E-state index is 0. The van der Waals surface area contributed by atoms with Crippen LogP contribution in [0.15, 0.2) is 48.5 Å². The van der Waals surface area contributed by atoms with Crippen molar-refractivity contribution in [3.8, 4) is 11.5 Å². The molecule has 0 amide bonds. The molecule has 6 nitrogen and oxygen atoms in total. The van der Waals surface area contributed by atoms with Crippen LogP contribution in [0.3, 0.4) is 0 Å². The molecule has 8 heteroatoms. The summed E-state index contributed by atoms with van der Waals surface area (Å²) in [6.45, 7) is 2.30. The number of para-hydroxylation sites is 2. The monoisotopic (exact) mass is 378 g/mol. The number of aromatic hydroxyl groups is 2. The first kappa shape index (κ1) is 27.2. The van der Waals surface area contributed by atoms with E-state index < -0.39 is 11.9 Å². The van der Waals surface area contributed by atoms with Gasteiger partial charge in [0.25, 0.3) is 0 Å². The summed E-state index contributed by atoms with van der Waals surface area (Å²) in [5.74, 6) is -1.09. The van der Waals surface area contributed by atoms with Gasteiger partial charge in [0, 0.05) is 59.1 Å². The Hall–Kier alpha value is -1.02. The summed E-state index contributed by atoms with van der Waals surface area (Å²) in [6.07, 6.45) is 0.777. The van der Waals surface area contributed by atoms with Crippen molar-refractivity contribution in [1.82, 2.24) is 0 Å². The Labute approximate surface area is 197 Å². The van der Waals surface area contributed by atoms with Gasteiger partial charge in [0.1, 0.15) is 22.6 Å². The van der Waals surface area contributed by atoms with Crippen molar-refractivity contribution in [3.63, 3.8) is 0 Å². The van der Waals surface area contributed by atoms with E-state index in [0.717, 1.165) is 6.42 Å². The first-order valence-electron chi connectivity index (χ1n) is 7.32. The molecule has 0 saturated carbocycles. The van der Waals surface area contributed by atoms with Crippen LogP contribution < -0.4 is 0 Å². The molecule has 0 spiro atoms. The van der Waals surface area contributed by atoms with Crippen LogP contribution in [0.2, 0.25) is 0 Å². The van der Waals surface area contributed by atoms with E-state index in [1.54, 1.807) is 24.3 Å². The Morgan fingerprint density at radius 1 is 0.846 bits per heavy atom. The number of hydrogen-bond donors (Lipinski definition) is 2. The molecule has 0 aliphatic heterocycles. The van der Waals surface area contributed by atoms with Crippen LogP contribution in [0.4, 0.5) is 0 Å². The van der Waals surface area contributed by atoms with Gasteiger partial charge in [0.05, 0.1) is 13.7 Å². The van der Waals surface area contributed by atoms with Crippen LogP contribution in [0.5, 0.6) is 11.5 Å². The van der Waals surface area contributed by atoms with Gasteiger partial charge in [-0.3, -0.25) is 0 Å². The zero-order valence-corrected chi connectivity index (χ0v) is 19.6. The fourth-order valence-electron chi connectivity index (χ4n) is 1.67. The summed E-state index contributed by atoms with van der Waals surface area (Å²) < 4.78 is 9.28. The van der Waals surface area contributed by atoms with E-state index in [1.807, 2.05) is 6.92 Å². The Kier molecular flexibility index (Phi) is 15.8. The van der Waals surface area contributed by atoms with Gasteiger partial charge in [-0.2, -0.15) is 0 Å². The molecule has 0 aromatic heterocycles. The number of esters is 2. The minimum atomic E-state index is -0.525. The zero-order valence-electron chi connectivity index (χ0n) is 15.6. The number of hydrogen-bond acceptors (Lipinski definition) is 6. The van der Waals surface area contributed by atoms with E-state index >= 15 is 0 Å². The van der Waals surface area contributed by atoms with Crippen molar-refractivity contribution in [2.24, 2.45) is 0 Å². The molecule has 0 atom stereocenters. The van der Waals surface area contributed by atoms with Crippen LogP contribution in [0.1, 0.15) is 34.1 Å². The molecule has 0 heterocycles. The average molecular weight is 378 g/mol. The predicted molar refractivity (Wildman–Crippen MR) is 99.6 cm³/mol. The van der Waals surface area contributed by atoms with Crippen molar-refractivity contribution >= 4 is 71.1 Å². The molecule has 2 N–H and O–H groups in total. The van der Waals surface area contributed by atoms with Gasteiger partial charge in [-0.15, -0.1) is 0 Å². The summed E-state index contributed by atoms with van der Waals surface area (Å²) in [5, 5.41) is 18.4. The topological polar surface area (TPSA) is 93.1 Å². The zero-order chi connectivity index (χ0) is 17.9. The van der Waals surface area contributed by atoms with Crippen LogP contribution in [-0.4, -0.2) is 95.0 Å². The van der Waals surface area contributed by atoms with Crippen molar-refractivity contribution in [1.29, 1.82) is 0 Å². The number of methoxy groups -OCH3 is 1. The smallest absolute Gasteiger partial charge is 0.341 e. The van der Waals surface area contributed by atoms with Gasteiger partial charge in [-0.05, 0) is 30.7 Å². The summed E-state index contributed by atoms with van der Waals surface area (Å²) in [7, 11) is 1.27. The second kappa shape index (κ2) is 15.1. The first-order chi connectivity index (χ1) is 11.5. The molecule has 130 valence electrons. The largest absolute Gasteiger partial charge is 0.507 e. The maximum absolute atomic E-state index is 11.2. The van der Waals surface area contributed by atoms with Crippen LogP contribution in [0, 0.1) is 0 Å². The Balaban J connectivity index is 0. The first-order valence-corrected chi connectivity index (χ1v) is 7.32. The number of carbonyl (C=O) groups is 2. The van der Waals surface area contributed by atoms with Crippen molar-refractivity contribution in [3.05, 3.63) is 59.7 Å². The molecule has 26 heavy (non-hydrogen) atoms. The summed E-state index contributed by atoms with van der Waals surface area (Å²) >= 11 is 0. The number of phenolic OH excluding ortho intramolecular Hbond substituents is 2. The predicted octanol–water partition coefficient (Wildman–Crippen LogP) is 2.38. The number of rotatable bonds is 4. The molecule has 0 bridgehead atoms. The number of benzene rings is 2. The fraction of sp³-hybridized carbons (Fsp3) is 0.222. The molecule has 2 rings (SSSR count). The Bertz CT molecular complexity index is 691. The molecule has 2 aromatic rings. The molecule has 2 aromatic carbocycles. The Morgan fingerprint density at radius 3 is 1.65 bits per heavy atom. The van der Waals surface area contributed by atoms with E-state index in [1.165, 1.54) is 31.4 Å². The molecule has 0 aliphatic rings. The molecule has 0 fully saturated rings. The maximum Gasteiger partial charge on any atom is 0.341 e.